The lowest BCUT2D eigenvalue weighted by Crippen LogP contribution is -2.47. The van der Waals surface area contributed by atoms with Crippen LogP contribution in [0.5, 0.6) is 0 Å². The Kier molecular flexibility index (Phi) is 5.96. The number of benzene rings is 1. The molecule has 1 aromatic rings. The van der Waals surface area contributed by atoms with Crippen LogP contribution in [-0.4, -0.2) is 49.2 Å². The molecule has 24 heavy (non-hydrogen) atoms. The van der Waals surface area contributed by atoms with Crippen molar-refractivity contribution in [2.75, 3.05) is 19.6 Å². The van der Waals surface area contributed by atoms with Gasteiger partial charge in [0.25, 0.3) is 0 Å². The minimum absolute atomic E-state index is 0.192. The predicted octanol–water partition coefficient (Wildman–Crippen LogP) is 2.35. The molecule has 2 rings (SSSR count). The molecule has 6 heteroatoms. The number of amides is 1. The topological polar surface area (TPSA) is 57.7 Å². The van der Waals surface area contributed by atoms with Crippen molar-refractivity contribution < 1.29 is 13.2 Å². The van der Waals surface area contributed by atoms with E-state index in [-0.39, 0.29) is 10.8 Å². The van der Waals surface area contributed by atoms with E-state index < -0.39 is 16.1 Å². The number of hydrogen-bond acceptors (Lipinski definition) is 3. The quantitative estimate of drug-likeness (QED) is 0.711. The third-order valence-electron chi connectivity index (χ3n) is 4.13. The first kappa shape index (κ1) is 18.4. The summed E-state index contributed by atoms with van der Waals surface area (Å²) in [7, 11) is -3.68. The maximum absolute atomic E-state index is 12.9. The summed E-state index contributed by atoms with van der Waals surface area (Å²) >= 11 is 0. The Morgan fingerprint density at radius 3 is 2.38 bits per heavy atom. The van der Waals surface area contributed by atoms with Crippen molar-refractivity contribution in [3.63, 3.8) is 0 Å². The van der Waals surface area contributed by atoms with Crippen molar-refractivity contribution in [1.29, 1.82) is 0 Å². The van der Waals surface area contributed by atoms with E-state index in [9.17, 15) is 13.2 Å². The summed E-state index contributed by atoms with van der Waals surface area (Å²) in [5.74, 6) is -0.192. The van der Waals surface area contributed by atoms with Crippen molar-refractivity contribution in [3.05, 3.63) is 55.1 Å². The van der Waals surface area contributed by atoms with Crippen LogP contribution in [0.2, 0.25) is 0 Å². The average molecular weight is 348 g/mol. The van der Waals surface area contributed by atoms with Gasteiger partial charge in [-0.2, -0.15) is 4.31 Å². The van der Waals surface area contributed by atoms with Gasteiger partial charge in [-0.15, -0.1) is 13.2 Å². The van der Waals surface area contributed by atoms with Gasteiger partial charge in [0.15, 0.2) is 0 Å². The second kappa shape index (κ2) is 7.77. The van der Waals surface area contributed by atoms with E-state index in [1.54, 1.807) is 41.3 Å². The number of sulfonamides is 1. The number of hydrogen-bond donors (Lipinski definition) is 0. The molecule has 1 aromatic carbocycles. The fourth-order valence-corrected chi connectivity index (χ4v) is 4.55. The highest BCUT2D eigenvalue weighted by Crippen LogP contribution is 2.27. The molecule has 1 aliphatic rings. The molecule has 0 saturated carbocycles. The fraction of sp³-hybridized carbons (Fsp3) is 0.389. The molecule has 1 amide bonds. The minimum Gasteiger partial charge on any atom is -0.334 e. The van der Waals surface area contributed by atoms with Crippen LogP contribution in [0, 0.1) is 6.92 Å². The van der Waals surface area contributed by atoms with Crippen LogP contribution in [0.4, 0.5) is 0 Å². The highest BCUT2D eigenvalue weighted by atomic mass is 32.2. The Morgan fingerprint density at radius 1 is 1.25 bits per heavy atom. The predicted molar refractivity (Wildman–Crippen MR) is 95.1 cm³/mol. The number of nitrogens with zero attached hydrogens (tertiary/aromatic N) is 2. The zero-order chi connectivity index (χ0) is 17.7. The monoisotopic (exact) mass is 348 g/mol. The molecular weight excluding hydrogens is 324 g/mol. The van der Waals surface area contributed by atoms with Crippen LogP contribution in [0.3, 0.4) is 0 Å². The first-order valence-electron chi connectivity index (χ1n) is 8.01. The molecule has 1 fully saturated rings. The lowest BCUT2D eigenvalue weighted by atomic mass is 10.2. The number of carbonyl (C=O) groups excluding carboxylic acids is 1. The third kappa shape index (κ3) is 3.76. The SMILES string of the molecule is C=CCN(CC=C)C(=O)C1CCCN1S(=O)(=O)c1ccc(C)cc1. The van der Waals surface area contributed by atoms with Crippen molar-refractivity contribution in [3.8, 4) is 0 Å². The van der Waals surface area contributed by atoms with E-state index in [0.717, 1.165) is 5.56 Å². The first-order chi connectivity index (χ1) is 11.4. The summed E-state index contributed by atoms with van der Waals surface area (Å²) in [5.41, 5.74) is 0.992. The summed E-state index contributed by atoms with van der Waals surface area (Å²) < 4.78 is 27.2. The van der Waals surface area contributed by atoms with Crippen LogP contribution >= 0.6 is 0 Å². The molecule has 0 spiro atoms. The zero-order valence-corrected chi connectivity index (χ0v) is 14.8. The minimum atomic E-state index is -3.68. The summed E-state index contributed by atoms with van der Waals surface area (Å²) in [6, 6.07) is 6.06. The second-order valence-electron chi connectivity index (χ2n) is 5.91. The van der Waals surface area contributed by atoms with E-state index in [1.807, 2.05) is 6.92 Å². The molecule has 0 N–H and O–H groups in total. The van der Waals surface area contributed by atoms with E-state index in [2.05, 4.69) is 13.2 Å². The van der Waals surface area contributed by atoms with E-state index in [4.69, 9.17) is 0 Å². The lowest BCUT2D eigenvalue weighted by molar-refractivity contribution is -0.133. The third-order valence-corrected chi connectivity index (χ3v) is 6.05. The highest BCUT2D eigenvalue weighted by Gasteiger charge is 2.40. The average Bonchev–Trinajstić information content (AvgIpc) is 3.05. The maximum atomic E-state index is 12.9. The normalized spacial score (nSPS) is 18.3. The molecular formula is C18H24N2O3S. The van der Waals surface area contributed by atoms with Gasteiger partial charge >= 0.3 is 0 Å². The number of rotatable bonds is 7. The zero-order valence-electron chi connectivity index (χ0n) is 14.0. The molecule has 1 heterocycles. The molecule has 5 nitrogen and oxygen atoms in total. The van der Waals surface area contributed by atoms with Crippen LogP contribution in [0.1, 0.15) is 18.4 Å². The van der Waals surface area contributed by atoms with Gasteiger partial charge in [0.05, 0.1) is 4.90 Å². The van der Waals surface area contributed by atoms with Gasteiger partial charge in [-0.25, -0.2) is 8.42 Å². The second-order valence-corrected chi connectivity index (χ2v) is 7.80. The number of carbonyl (C=O) groups is 1. The van der Waals surface area contributed by atoms with Gasteiger partial charge in [0.1, 0.15) is 6.04 Å². The molecule has 0 aliphatic carbocycles. The standard InChI is InChI=1S/C18H24N2O3S/c1-4-12-19(13-5-2)18(21)17-7-6-14-20(17)24(22,23)16-10-8-15(3)9-11-16/h4-5,8-11,17H,1-2,6-7,12-14H2,3H3. The summed E-state index contributed by atoms with van der Waals surface area (Å²) in [5, 5.41) is 0. The van der Waals surface area contributed by atoms with Crippen molar-refractivity contribution in [2.24, 2.45) is 0 Å². The smallest absolute Gasteiger partial charge is 0.243 e. The molecule has 0 radical (unpaired) electrons. The van der Waals surface area contributed by atoms with Crippen molar-refractivity contribution in [2.45, 2.75) is 30.7 Å². The van der Waals surface area contributed by atoms with Gasteiger partial charge in [0, 0.05) is 19.6 Å². The fourth-order valence-electron chi connectivity index (χ4n) is 2.90. The molecule has 1 unspecified atom stereocenters. The van der Waals surface area contributed by atoms with Crippen molar-refractivity contribution in [1.82, 2.24) is 9.21 Å². The number of aryl methyl sites for hydroxylation is 1. The Hall–Kier alpha value is -1.92. The van der Waals surface area contributed by atoms with E-state index in [0.29, 0.717) is 32.5 Å². The Balaban J connectivity index is 2.28. The Labute approximate surface area is 144 Å². The van der Waals surface area contributed by atoms with Gasteiger partial charge in [0.2, 0.25) is 15.9 Å². The summed E-state index contributed by atoms with van der Waals surface area (Å²) in [4.78, 5) is 14.6. The van der Waals surface area contributed by atoms with Crippen molar-refractivity contribution >= 4 is 15.9 Å². The molecule has 130 valence electrons. The molecule has 0 aromatic heterocycles. The highest BCUT2D eigenvalue weighted by molar-refractivity contribution is 7.89. The molecule has 0 bridgehead atoms. The van der Waals surface area contributed by atoms with Crippen LogP contribution in [-0.2, 0) is 14.8 Å². The van der Waals surface area contributed by atoms with Crippen LogP contribution < -0.4 is 0 Å². The van der Waals surface area contributed by atoms with Crippen LogP contribution in [0.25, 0.3) is 0 Å². The Morgan fingerprint density at radius 2 is 1.83 bits per heavy atom. The van der Waals surface area contributed by atoms with E-state index >= 15 is 0 Å². The van der Waals surface area contributed by atoms with Gasteiger partial charge in [-0.05, 0) is 31.9 Å². The summed E-state index contributed by atoms with van der Waals surface area (Å²) in [6.45, 7) is 10.3. The first-order valence-corrected chi connectivity index (χ1v) is 9.45. The van der Waals surface area contributed by atoms with Crippen LogP contribution in [0.15, 0.2) is 54.5 Å². The Bertz CT molecular complexity index is 700. The largest absolute Gasteiger partial charge is 0.334 e. The van der Waals surface area contributed by atoms with E-state index in [1.165, 1.54) is 4.31 Å². The van der Waals surface area contributed by atoms with Gasteiger partial charge in [-0.3, -0.25) is 4.79 Å². The summed E-state index contributed by atoms with van der Waals surface area (Å²) in [6.07, 6.45) is 4.48. The molecule has 1 saturated heterocycles. The van der Waals surface area contributed by atoms with Gasteiger partial charge < -0.3 is 4.90 Å². The molecule has 1 aliphatic heterocycles. The van der Waals surface area contributed by atoms with Gasteiger partial charge in [-0.1, -0.05) is 29.8 Å². The maximum Gasteiger partial charge on any atom is 0.243 e. The lowest BCUT2D eigenvalue weighted by Gasteiger charge is -2.28. The molecule has 1 atom stereocenters.